The molecule has 3 N–H and O–H groups in total. The number of nitrogens with zero attached hydrogens (tertiary/aromatic N) is 3. The quantitative estimate of drug-likeness (QED) is 0.232. The molecule has 8 nitrogen and oxygen atoms in total. The van der Waals surface area contributed by atoms with Crippen molar-refractivity contribution in [3.05, 3.63) is 84.4 Å². The van der Waals surface area contributed by atoms with E-state index in [1.165, 1.54) is 12.4 Å². The number of piperidine rings is 1. The second-order valence-corrected chi connectivity index (χ2v) is 10.7. The molecule has 1 saturated heterocycles. The number of hydrogen-bond acceptors (Lipinski definition) is 7. The SMILES string of the molecule is COc1cc2c(Nc3ccc(-c4ccc5ccccc5c4C(N)=O)cc3F)ncnc2cc1OCC1CCN(C)CC1. The lowest BCUT2D eigenvalue weighted by atomic mass is 9.93. The Morgan fingerprint density at radius 1 is 1.02 bits per heavy atom. The summed E-state index contributed by atoms with van der Waals surface area (Å²) < 4.78 is 27.3. The van der Waals surface area contributed by atoms with Crippen LogP contribution >= 0.6 is 0 Å². The Hall–Kier alpha value is -4.76. The van der Waals surface area contributed by atoms with Crippen LogP contribution in [0.1, 0.15) is 23.2 Å². The minimum atomic E-state index is -0.569. The summed E-state index contributed by atoms with van der Waals surface area (Å²) in [6, 6.07) is 19.6. The number of nitrogens with two attached hydrogens (primary N) is 1. The van der Waals surface area contributed by atoms with Gasteiger partial charge in [-0.25, -0.2) is 14.4 Å². The van der Waals surface area contributed by atoms with Gasteiger partial charge in [0.1, 0.15) is 18.0 Å². The number of aromatic nitrogens is 2. The van der Waals surface area contributed by atoms with Crippen LogP contribution < -0.4 is 20.5 Å². The smallest absolute Gasteiger partial charge is 0.249 e. The van der Waals surface area contributed by atoms with Crippen LogP contribution in [-0.2, 0) is 0 Å². The number of halogens is 1. The lowest BCUT2D eigenvalue weighted by Crippen LogP contribution is -2.32. The van der Waals surface area contributed by atoms with Gasteiger partial charge in [0.2, 0.25) is 5.91 Å². The number of nitrogens with one attached hydrogen (secondary N) is 1. The standard InChI is InChI=1S/C33H32FN5O3/c1-39-13-11-20(12-14-39)18-42-30-17-28-25(16-29(30)41-2)33(37-19-36-28)38-27-10-8-22(15-26(27)34)24-9-7-21-5-3-4-6-23(21)31(24)32(35)40/h3-10,15-17,19-20H,11-14,18H2,1-2H3,(H2,35,40)(H,36,37,38). The van der Waals surface area contributed by atoms with Crippen LogP contribution in [0.3, 0.4) is 0 Å². The van der Waals surface area contributed by atoms with E-state index in [1.807, 2.05) is 42.5 Å². The van der Waals surface area contributed by atoms with Gasteiger partial charge in [-0.05, 0) is 79.0 Å². The zero-order chi connectivity index (χ0) is 29.2. The fourth-order valence-corrected chi connectivity index (χ4v) is 5.56. The Labute approximate surface area is 243 Å². The van der Waals surface area contributed by atoms with Crippen molar-refractivity contribution in [1.82, 2.24) is 14.9 Å². The highest BCUT2D eigenvalue weighted by Crippen LogP contribution is 2.37. The molecule has 1 aromatic heterocycles. The highest BCUT2D eigenvalue weighted by molar-refractivity contribution is 6.11. The van der Waals surface area contributed by atoms with Gasteiger partial charge in [-0.1, -0.05) is 42.5 Å². The number of primary amides is 1. The number of fused-ring (bicyclic) bond motifs is 2. The van der Waals surface area contributed by atoms with E-state index in [-0.39, 0.29) is 5.69 Å². The summed E-state index contributed by atoms with van der Waals surface area (Å²) in [4.78, 5) is 23.5. The lowest BCUT2D eigenvalue weighted by molar-refractivity contribution is 0.100. The molecule has 5 aromatic rings. The topological polar surface area (TPSA) is 103 Å². The van der Waals surface area contributed by atoms with Crippen LogP contribution in [0.2, 0.25) is 0 Å². The van der Waals surface area contributed by atoms with Gasteiger partial charge in [0.05, 0.1) is 30.5 Å². The van der Waals surface area contributed by atoms with Gasteiger partial charge >= 0.3 is 0 Å². The van der Waals surface area contributed by atoms with Crippen LogP contribution in [0.25, 0.3) is 32.8 Å². The molecule has 2 heterocycles. The number of carbonyl (C=O) groups is 1. The first-order chi connectivity index (χ1) is 20.4. The summed E-state index contributed by atoms with van der Waals surface area (Å²) in [6.45, 7) is 2.74. The molecular weight excluding hydrogens is 533 g/mol. The number of anilines is 2. The highest BCUT2D eigenvalue weighted by Gasteiger charge is 2.20. The Kier molecular flexibility index (Phi) is 7.58. The van der Waals surface area contributed by atoms with Crippen LogP contribution in [0.15, 0.2) is 73.1 Å². The minimum absolute atomic E-state index is 0.224. The van der Waals surface area contributed by atoms with Gasteiger partial charge in [0, 0.05) is 11.5 Å². The molecular formula is C33H32FN5O3. The second-order valence-electron chi connectivity index (χ2n) is 10.7. The van der Waals surface area contributed by atoms with E-state index in [0.717, 1.165) is 36.7 Å². The molecule has 214 valence electrons. The Morgan fingerprint density at radius 2 is 1.83 bits per heavy atom. The molecule has 0 radical (unpaired) electrons. The lowest BCUT2D eigenvalue weighted by Gasteiger charge is -2.28. The summed E-state index contributed by atoms with van der Waals surface area (Å²) >= 11 is 0. The van der Waals surface area contributed by atoms with Crippen molar-refractivity contribution in [3.63, 3.8) is 0 Å². The largest absolute Gasteiger partial charge is 0.493 e. The number of methoxy groups -OCH3 is 1. The predicted octanol–water partition coefficient (Wildman–Crippen LogP) is 6.16. The number of hydrogen-bond donors (Lipinski definition) is 2. The molecule has 4 aromatic carbocycles. The maximum atomic E-state index is 15.5. The van der Waals surface area contributed by atoms with E-state index in [0.29, 0.717) is 57.4 Å². The first kappa shape index (κ1) is 27.4. The van der Waals surface area contributed by atoms with Crippen LogP contribution in [0, 0.1) is 11.7 Å². The van der Waals surface area contributed by atoms with Crippen molar-refractivity contribution < 1.29 is 18.7 Å². The second kappa shape index (κ2) is 11.6. The molecule has 1 aliphatic heterocycles. The number of benzene rings is 4. The summed E-state index contributed by atoms with van der Waals surface area (Å²) in [5, 5.41) is 5.37. The number of ether oxygens (including phenoxy) is 2. The summed E-state index contributed by atoms with van der Waals surface area (Å²) in [5.74, 6) is 1.01. The first-order valence-electron chi connectivity index (χ1n) is 13.9. The molecule has 1 amide bonds. The number of amides is 1. The molecule has 0 saturated carbocycles. The minimum Gasteiger partial charge on any atom is -0.493 e. The molecule has 1 fully saturated rings. The number of rotatable bonds is 8. The Balaban J connectivity index is 1.28. The van der Waals surface area contributed by atoms with Crippen molar-refractivity contribution in [3.8, 4) is 22.6 Å². The highest BCUT2D eigenvalue weighted by atomic mass is 19.1. The number of likely N-dealkylation sites (tertiary alicyclic amines) is 1. The molecule has 9 heteroatoms. The van der Waals surface area contributed by atoms with Crippen molar-refractivity contribution >= 4 is 39.1 Å². The zero-order valence-corrected chi connectivity index (χ0v) is 23.6. The van der Waals surface area contributed by atoms with Crippen LogP contribution in [0.5, 0.6) is 11.5 Å². The van der Waals surface area contributed by atoms with Crippen molar-refractivity contribution in [2.75, 3.05) is 39.2 Å². The van der Waals surface area contributed by atoms with Gasteiger partial charge in [-0.3, -0.25) is 4.79 Å². The van der Waals surface area contributed by atoms with Crippen molar-refractivity contribution in [2.45, 2.75) is 12.8 Å². The molecule has 1 aliphatic rings. The fraction of sp³-hybridized carbons (Fsp3) is 0.242. The molecule has 0 bridgehead atoms. The molecule has 0 atom stereocenters. The molecule has 0 spiro atoms. The van der Waals surface area contributed by atoms with E-state index < -0.39 is 11.7 Å². The zero-order valence-electron chi connectivity index (χ0n) is 23.6. The first-order valence-corrected chi connectivity index (χ1v) is 13.9. The van der Waals surface area contributed by atoms with E-state index in [2.05, 4.69) is 27.2 Å². The third-order valence-corrected chi connectivity index (χ3v) is 7.94. The molecule has 42 heavy (non-hydrogen) atoms. The summed E-state index contributed by atoms with van der Waals surface area (Å²) in [5.41, 5.74) is 8.09. The average Bonchev–Trinajstić information content (AvgIpc) is 3.00. The van der Waals surface area contributed by atoms with Crippen LogP contribution in [0.4, 0.5) is 15.9 Å². The van der Waals surface area contributed by atoms with Gasteiger partial charge in [0.15, 0.2) is 11.5 Å². The van der Waals surface area contributed by atoms with E-state index in [4.69, 9.17) is 15.2 Å². The summed E-state index contributed by atoms with van der Waals surface area (Å²) in [7, 11) is 3.73. The maximum absolute atomic E-state index is 15.5. The monoisotopic (exact) mass is 565 g/mol. The molecule has 0 aliphatic carbocycles. The average molecular weight is 566 g/mol. The van der Waals surface area contributed by atoms with Gasteiger partial charge in [-0.15, -0.1) is 0 Å². The van der Waals surface area contributed by atoms with Crippen molar-refractivity contribution in [1.29, 1.82) is 0 Å². The van der Waals surface area contributed by atoms with Gasteiger partial charge in [0.25, 0.3) is 0 Å². The van der Waals surface area contributed by atoms with E-state index in [1.54, 1.807) is 25.3 Å². The van der Waals surface area contributed by atoms with Crippen LogP contribution in [-0.4, -0.2) is 54.6 Å². The predicted molar refractivity (Wildman–Crippen MR) is 163 cm³/mol. The fourth-order valence-electron chi connectivity index (χ4n) is 5.56. The van der Waals surface area contributed by atoms with Gasteiger partial charge < -0.3 is 25.4 Å². The van der Waals surface area contributed by atoms with E-state index >= 15 is 4.39 Å². The van der Waals surface area contributed by atoms with E-state index in [9.17, 15) is 4.79 Å². The third kappa shape index (κ3) is 5.43. The molecule has 0 unspecified atom stereocenters. The Bertz CT molecular complexity index is 1790. The van der Waals surface area contributed by atoms with Gasteiger partial charge in [-0.2, -0.15) is 0 Å². The normalized spacial score (nSPS) is 14.3. The maximum Gasteiger partial charge on any atom is 0.249 e. The molecule has 6 rings (SSSR count). The Morgan fingerprint density at radius 3 is 2.60 bits per heavy atom. The third-order valence-electron chi connectivity index (χ3n) is 7.94. The summed E-state index contributed by atoms with van der Waals surface area (Å²) in [6.07, 6.45) is 3.62. The van der Waals surface area contributed by atoms with Crippen molar-refractivity contribution in [2.24, 2.45) is 11.7 Å². The number of carbonyl (C=O) groups excluding carboxylic acids is 1.